The monoisotopic (exact) mass is 470 g/mol. The van der Waals surface area contributed by atoms with E-state index in [0.717, 1.165) is 5.56 Å². The van der Waals surface area contributed by atoms with Crippen molar-refractivity contribution in [3.63, 3.8) is 0 Å². The van der Waals surface area contributed by atoms with E-state index in [1.165, 1.54) is 22.1 Å². The van der Waals surface area contributed by atoms with Gasteiger partial charge in [0.05, 0.1) is 12.4 Å². The van der Waals surface area contributed by atoms with Gasteiger partial charge in [-0.05, 0) is 42.8 Å². The van der Waals surface area contributed by atoms with Crippen molar-refractivity contribution in [2.75, 3.05) is 30.8 Å². The lowest BCUT2D eigenvalue weighted by atomic mass is 10.2. The van der Waals surface area contributed by atoms with E-state index < -0.39 is 10.0 Å². The molecule has 2 aromatic carbocycles. The molecule has 0 unspecified atom stereocenters. The Bertz CT molecular complexity index is 946. The van der Waals surface area contributed by atoms with Crippen LogP contribution in [0.15, 0.2) is 47.4 Å². The molecule has 0 heterocycles. The van der Waals surface area contributed by atoms with Gasteiger partial charge in [-0.2, -0.15) is 4.31 Å². The standard InChI is InChI=1S/C21H27ClN2O4S2/c1-4-24(5-2)30(26,27)20-13-18(11-12-19(20)28-6-3)23-21(25)15-29-14-16-7-9-17(22)10-8-16/h7-13H,4-6,14-15H2,1-3H3,(H,23,25). The average Bonchev–Trinajstić information content (AvgIpc) is 2.71. The van der Waals surface area contributed by atoms with Gasteiger partial charge in [0.2, 0.25) is 15.9 Å². The molecule has 0 aliphatic rings. The van der Waals surface area contributed by atoms with Gasteiger partial charge in [-0.25, -0.2) is 8.42 Å². The first-order valence-corrected chi connectivity index (χ1v) is 12.7. The molecule has 164 valence electrons. The summed E-state index contributed by atoms with van der Waals surface area (Å²) < 4.78 is 32.9. The Labute approximate surface area is 188 Å². The molecule has 0 atom stereocenters. The van der Waals surface area contributed by atoms with Gasteiger partial charge in [0, 0.05) is 29.6 Å². The number of hydrogen-bond acceptors (Lipinski definition) is 5. The van der Waals surface area contributed by atoms with Crippen LogP contribution >= 0.6 is 23.4 Å². The molecule has 0 aliphatic heterocycles. The predicted octanol–water partition coefficient (Wildman–Crippen LogP) is 4.64. The van der Waals surface area contributed by atoms with Crippen molar-refractivity contribution in [2.45, 2.75) is 31.4 Å². The summed E-state index contributed by atoms with van der Waals surface area (Å²) >= 11 is 7.34. The molecule has 1 amide bonds. The van der Waals surface area contributed by atoms with Crippen LogP contribution in [0.3, 0.4) is 0 Å². The number of carbonyl (C=O) groups is 1. The Hall–Kier alpha value is -1.74. The largest absolute Gasteiger partial charge is 0.492 e. The number of ether oxygens (including phenoxy) is 1. The van der Waals surface area contributed by atoms with Crippen LogP contribution in [0.25, 0.3) is 0 Å². The summed E-state index contributed by atoms with van der Waals surface area (Å²) in [6.07, 6.45) is 0. The van der Waals surface area contributed by atoms with Crippen LogP contribution in [0.2, 0.25) is 5.02 Å². The van der Waals surface area contributed by atoms with Gasteiger partial charge in [0.15, 0.2) is 0 Å². The second kappa shape index (κ2) is 11.6. The molecular formula is C21H27ClN2O4S2. The van der Waals surface area contributed by atoms with Crippen molar-refractivity contribution in [1.29, 1.82) is 0 Å². The highest BCUT2D eigenvalue weighted by atomic mass is 35.5. The zero-order valence-electron chi connectivity index (χ0n) is 17.4. The van der Waals surface area contributed by atoms with Crippen LogP contribution in [0.4, 0.5) is 5.69 Å². The number of hydrogen-bond donors (Lipinski definition) is 1. The van der Waals surface area contributed by atoms with Crippen LogP contribution in [0, 0.1) is 0 Å². The first kappa shape index (κ1) is 24.5. The first-order chi connectivity index (χ1) is 14.3. The number of carbonyl (C=O) groups excluding carboxylic acids is 1. The van der Waals surface area contributed by atoms with Crippen LogP contribution < -0.4 is 10.1 Å². The van der Waals surface area contributed by atoms with E-state index in [2.05, 4.69) is 5.32 Å². The van der Waals surface area contributed by atoms with E-state index in [-0.39, 0.29) is 22.3 Å². The Morgan fingerprint density at radius 2 is 1.77 bits per heavy atom. The molecule has 0 aromatic heterocycles. The molecule has 6 nitrogen and oxygen atoms in total. The van der Waals surface area contributed by atoms with Gasteiger partial charge in [0.25, 0.3) is 0 Å². The maximum atomic E-state index is 13.0. The lowest BCUT2D eigenvalue weighted by Crippen LogP contribution is -2.31. The second-order valence-electron chi connectivity index (χ2n) is 6.35. The lowest BCUT2D eigenvalue weighted by Gasteiger charge is -2.21. The number of halogens is 1. The maximum absolute atomic E-state index is 13.0. The van der Waals surface area contributed by atoms with Crippen LogP contribution in [-0.4, -0.2) is 44.1 Å². The maximum Gasteiger partial charge on any atom is 0.246 e. The number of anilines is 1. The third-order valence-electron chi connectivity index (χ3n) is 4.27. The van der Waals surface area contributed by atoms with Gasteiger partial charge < -0.3 is 10.1 Å². The predicted molar refractivity (Wildman–Crippen MR) is 124 cm³/mol. The molecule has 0 fully saturated rings. The zero-order chi connectivity index (χ0) is 22.1. The van der Waals surface area contributed by atoms with Gasteiger partial charge >= 0.3 is 0 Å². The highest BCUT2D eigenvalue weighted by Gasteiger charge is 2.26. The molecule has 9 heteroatoms. The fraction of sp³-hybridized carbons (Fsp3) is 0.381. The van der Waals surface area contributed by atoms with Crippen molar-refractivity contribution in [3.05, 3.63) is 53.1 Å². The summed E-state index contributed by atoms with van der Waals surface area (Å²) in [6.45, 7) is 6.40. The van der Waals surface area contributed by atoms with E-state index in [9.17, 15) is 13.2 Å². The van der Waals surface area contributed by atoms with E-state index in [1.54, 1.807) is 32.9 Å². The van der Waals surface area contributed by atoms with Crippen molar-refractivity contribution in [1.82, 2.24) is 4.31 Å². The van der Waals surface area contributed by atoms with Crippen LogP contribution in [-0.2, 0) is 20.6 Å². The van der Waals surface area contributed by atoms with Gasteiger partial charge in [0.1, 0.15) is 10.6 Å². The Morgan fingerprint density at radius 1 is 1.10 bits per heavy atom. The SMILES string of the molecule is CCOc1ccc(NC(=O)CSCc2ccc(Cl)cc2)cc1S(=O)(=O)N(CC)CC. The van der Waals surface area contributed by atoms with E-state index in [1.807, 2.05) is 24.3 Å². The molecule has 1 N–H and O–H groups in total. The summed E-state index contributed by atoms with van der Waals surface area (Å²) in [5, 5.41) is 3.45. The summed E-state index contributed by atoms with van der Waals surface area (Å²) in [6, 6.07) is 12.2. The Balaban J connectivity index is 2.09. The summed E-state index contributed by atoms with van der Waals surface area (Å²) in [7, 11) is -3.73. The normalized spacial score (nSPS) is 11.5. The van der Waals surface area contributed by atoms with E-state index in [4.69, 9.17) is 16.3 Å². The third-order valence-corrected chi connectivity index (χ3v) is 7.59. The van der Waals surface area contributed by atoms with Gasteiger partial charge in [-0.15, -0.1) is 11.8 Å². The molecule has 2 rings (SSSR count). The molecule has 0 saturated carbocycles. The minimum absolute atomic E-state index is 0.0552. The molecule has 0 radical (unpaired) electrons. The number of sulfonamides is 1. The van der Waals surface area contributed by atoms with Crippen molar-refractivity contribution >= 4 is 45.0 Å². The van der Waals surface area contributed by atoms with Crippen LogP contribution in [0.5, 0.6) is 5.75 Å². The van der Waals surface area contributed by atoms with E-state index in [0.29, 0.717) is 36.2 Å². The smallest absolute Gasteiger partial charge is 0.246 e. The molecule has 0 bridgehead atoms. The fourth-order valence-electron chi connectivity index (χ4n) is 2.80. The number of rotatable bonds is 11. The number of benzene rings is 2. The van der Waals surface area contributed by atoms with Gasteiger partial charge in [-0.1, -0.05) is 37.6 Å². The lowest BCUT2D eigenvalue weighted by molar-refractivity contribution is -0.113. The van der Waals surface area contributed by atoms with Crippen LogP contribution in [0.1, 0.15) is 26.3 Å². The molecule has 30 heavy (non-hydrogen) atoms. The molecule has 0 aliphatic carbocycles. The number of nitrogens with zero attached hydrogens (tertiary/aromatic N) is 1. The second-order valence-corrected chi connectivity index (χ2v) is 9.68. The number of amides is 1. The summed E-state index contributed by atoms with van der Waals surface area (Å²) in [4.78, 5) is 12.4. The zero-order valence-corrected chi connectivity index (χ0v) is 19.7. The Morgan fingerprint density at radius 3 is 2.37 bits per heavy atom. The third kappa shape index (κ3) is 6.63. The summed E-state index contributed by atoms with van der Waals surface area (Å²) in [5.74, 6) is 0.993. The van der Waals surface area contributed by atoms with E-state index >= 15 is 0 Å². The molecule has 0 spiro atoms. The average molecular weight is 471 g/mol. The highest BCUT2D eigenvalue weighted by molar-refractivity contribution is 7.99. The quantitative estimate of drug-likeness (QED) is 0.517. The minimum atomic E-state index is -3.73. The topological polar surface area (TPSA) is 75.7 Å². The highest BCUT2D eigenvalue weighted by Crippen LogP contribution is 2.30. The fourth-order valence-corrected chi connectivity index (χ4v) is 5.33. The van der Waals surface area contributed by atoms with Gasteiger partial charge in [-0.3, -0.25) is 4.79 Å². The van der Waals surface area contributed by atoms with Crippen molar-refractivity contribution < 1.29 is 17.9 Å². The molecular weight excluding hydrogens is 444 g/mol. The summed E-state index contributed by atoms with van der Waals surface area (Å²) in [5.41, 5.74) is 1.49. The first-order valence-electron chi connectivity index (χ1n) is 9.70. The Kier molecular flexibility index (Phi) is 9.48. The molecule has 2 aromatic rings. The minimum Gasteiger partial charge on any atom is -0.492 e. The molecule has 0 saturated heterocycles. The number of nitrogens with one attached hydrogen (secondary N) is 1. The van der Waals surface area contributed by atoms with Crippen molar-refractivity contribution in [2.24, 2.45) is 0 Å². The number of thioether (sulfide) groups is 1. The van der Waals surface area contributed by atoms with Crippen molar-refractivity contribution in [3.8, 4) is 5.75 Å².